The molecule has 1 heterocycles. The third-order valence-corrected chi connectivity index (χ3v) is 3.47. The summed E-state index contributed by atoms with van der Waals surface area (Å²) in [6, 6.07) is 10.5. The van der Waals surface area contributed by atoms with Crippen molar-refractivity contribution < 1.29 is 9.53 Å². The number of carbonyl (C=O) groups excluding carboxylic acids is 1. The lowest BCUT2D eigenvalue weighted by Gasteiger charge is -2.23. The Bertz CT molecular complexity index is 377. The second-order valence-electron chi connectivity index (χ2n) is 4.75. The van der Waals surface area contributed by atoms with Crippen LogP contribution in [-0.4, -0.2) is 30.7 Å². The van der Waals surface area contributed by atoms with Crippen LogP contribution in [0.3, 0.4) is 0 Å². The van der Waals surface area contributed by atoms with Crippen molar-refractivity contribution in [3.8, 4) is 0 Å². The van der Waals surface area contributed by atoms with E-state index in [0.29, 0.717) is 12.5 Å². The summed E-state index contributed by atoms with van der Waals surface area (Å²) in [5.74, 6) is 0.443. The zero-order chi connectivity index (χ0) is 12.8. The molecule has 1 saturated heterocycles. The minimum atomic E-state index is -0.166. The SMILES string of the molecule is CCOC(=O)N1CCCC[C@@H](c2ccccc2)C1. The molecule has 0 unspecified atom stereocenters. The zero-order valence-corrected chi connectivity index (χ0v) is 11.0. The monoisotopic (exact) mass is 247 g/mol. The third kappa shape index (κ3) is 3.25. The topological polar surface area (TPSA) is 29.5 Å². The van der Waals surface area contributed by atoms with Gasteiger partial charge in [-0.25, -0.2) is 4.79 Å². The van der Waals surface area contributed by atoms with Crippen molar-refractivity contribution in [2.24, 2.45) is 0 Å². The molecule has 0 radical (unpaired) electrons. The van der Waals surface area contributed by atoms with Crippen molar-refractivity contribution >= 4 is 6.09 Å². The highest BCUT2D eigenvalue weighted by molar-refractivity contribution is 5.67. The van der Waals surface area contributed by atoms with Gasteiger partial charge < -0.3 is 9.64 Å². The summed E-state index contributed by atoms with van der Waals surface area (Å²) >= 11 is 0. The molecule has 0 saturated carbocycles. The second-order valence-corrected chi connectivity index (χ2v) is 4.75. The van der Waals surface area contributed by atoms with Crippen molar-refractivity contribution in [2.45, 2.75) is 32.1 Å². The standard InChI is InChI=1S/C15H21NO2/c1-2-18-15(17)16-11-7-6-10-14(12-16)13-8-4-3-5-9-13/h3-5,8-9,14H,2,6-7,10-12H2,1H3/t14-/m1/s1. The minimum Gasteiger partial charge on any atom is -0.450 e. The molecule has 1 aromatic rings. The maximum absolute atomic E-state index is 11.8. The predicted octanol–water partition coefficient (Wildman–Crippen LogP) is 3.41. The molecule has 98 valence electrons. The Balaban J connectivity index is 2.06. The number of nitrogens with zero attached hydrogens (tertiary/aromatic N) is 1. The molecule has 0 aromatic heterocycles. The third-order valence-electron chi connectivity index (χ3n) is 3.47. The van der Waals surface area contributed by atoms with Crippen molar-refractivity contribution in [1.29, 1.82) is 0 Å². The first-order valence-corrected chi connectivity index (χ1v) is 6.78. The maximum Gasteiger partial charge on any atom is 0.409 e. The van der Waals surface area contributed by atoms with Crippen molar-refractivity contribution in [1.82, 2.24) is 4.90 Å². The molecule has 18 heavy (non-hydrogen) atoms. The summed E-state index contributed by atoms with van der Waals surface area (Å²) in [4.78, 5) is 13.7. The van der Waals surface area contributed by atoms with Crippen molar-refractivity contribution in [2.75, 3.05) is 19.7 Å². The summed E-state index contributed by atoms with van der Waals surface area (Å²) in [5.41, 5.74) is 1.33. The van der Waals surface area contributed by atoms with Gasteiger partial charge in [-0.1, -0.05) is 36.8 Å². The highest BCUT2D eigenvalue weighted by Crippen LogP contribution is 2.26. The lowest BCUT2D eigenvalue weighted by Crippen LogP contribution is -2.34. The Hall–Kier alpha value is -1.51. The van der Waals surface area contributed by atoms with Crippen LogP contribution in [0.2, 0.25) is 0 Å². The number of hydrogen-bond donors (Lipinski definition) is 0. The number of likely N-dealkylation sites (tertiary alicyclic amines) is 1. The molecule has 3 nitrogen and oxygen atoms in total. The van der Waals surface area contributed by atoms with E-state index >= 15 is 0 Å². The fourth-order valence-electron chi connectivity index (χ4n) is 2.52. The molecule has 0 aliphatic carbocycles. The number of carbonyl (C=O) groups is 1. The summed E-state index contributed by atoms with van der Waals surface area (Å²) in [6.07, 6.45) is 3.23. The van der Waals surface area contributed by atoms with E-state index in [4.69, 9.17) is 4.74 Å². The van der Waals surface area contributed by atoms with E-state index in [9.17, 15) is 4.79 Å². The number of ether oxygens (including phenoxy) is 1. The Morgan fingerprint density at radius 3 is 2.83 bits per heavy atom. The average Bonchev–Trinajstić information content (AvgIpc) is 2.66. The predicted molar refractivity (Wildman–Crippen MR) is 71.6 cm³/mol. The van der Waals surface area contributed by atoms with E-state index in [1.54, 1.807) is 0 Å². The van der Waals surface area contributed by atoms with Crippen LogP contribution in [0.1, 0.15) is 37.7 Å². The van der Waals surface area contributed by atoms with Crippen LogP contribution < -0.4 is 0 Å². The normalized spacial score (nSPS) is 20.3. The van der Waals surface area contributed by atoms with Gasteiger partial charge in [-0.05, 0) is 25.3 Å². The lowest BCUT2D eigenvalue weighted by molar-refractivity contribution is 0.107. The highest BCUT2D eigenvalue weighted by atomic mass is 16.6. The zero-order valence-electron chi connectivity index (χ0n) is 11.0. The number of benzene rings is 1. The molecule has 3 heteroatoms. The Labute approximate surface area is 109 Å². The largest absolute Gasteiger partial charge is 0.450 e. The summed E-state index contributed by atoms with van der Waals surface area (Å²) in [5, 5.41) is 0. The van der Waals surface area contributed by atoms with Crippen molar-refractivity contribution in [3.05, 3.63) is 35.9 Å². The van der Waals surface area contributed by atoms with Gasteiger partial charge in [-0.15, -0.1) is 0 Å². The first-order valence-electron chi connectivity index (χ1n) is 6.78. The minimum absolute atomic E-state index is 0.166. The molecular formula is C15H21NO2. The van der Waals surface area contributed by atoms with E-state index in [2.05, 4.69) is 24.3 Å². The van der Waals surface area contributed by atoms with Crippen molar-refractivity contribution in [3.63, 3.8) is 0 Å². The van der Waals surface area contributed by atoms with E-state index < -0.39 is 0 Å². The molecule has 0 spiro atoms. The molecule has 1 aliphatic rings. The summed E-state index contributed by atoms with van der Waals surface area (Å²) in [6.45, 7) is 3.90. The van der Waals surface area contributed by atoms with E-state index in [-0.39, 0.29) is 6.09 Å². The first kappa shape index (κ1) is 12.9. The van der Waals surface area contributed by atoms with Gasteiger partial charge in [0, 0.05) is 19.0 Å². The smallest absolute Gasteiger partial charge is 0.409 e. The van der Waals surface area contributed by atoms with Gasteiger partial charge >= 0.3 is 6.09 Å². The Morgan fingerprint density at radius 1 is 1.33 bits per heavy atom. The van der Waals surface area contributed by atoms with E-state index in [1.807, 2.05) is 17.9 Å². The van der Waals surface area contributed by atoms with Gasteiger partial charge in [0.05, 0.1) is 6.61 Å². The first-order chi connectivity index (χ1) is 8.81. The van der Waals surface area contributed by atoms with Gasteiger partial charge in [-0.2, -0.15) is 0 Å². The van der Waals surface area contributed by atoms with Crippen LogP contribution in [0.15, 0.2) is 30.3 Å². The molecule has 0 bridgehead atoms. The van der Waals surface area contributed by atoms with E-state index in [0.717, 1.165) is 25.9 Å². The molecule has 1 atom stereocenters. The Kier molecular flexibility index (Phi) is 4.62. The number of hydrogen-bond acceptors (Lipinski definition) is 2. The van der Waals surface area contributed by atoms with Gasteiger partial charge in [-0.3, -0.25) is 0 Å². The molecule has 1 fully saturated rings. The van der Waals surface area contributed by atoms with Crippen LogP contribution in [0.25, 0.3) is 0 Å². The molecule has 2 rings (SSSR count). The molecule has 1 amide bonds. The molecule has 0 N–H and O–H groups in total. The maximum atomic E-state index is 11.8. The van der Waals surface area contributed by atoms with Crippen LogP contribution in [0.5, 0.6) is 0 Å². The fourth-order valence-corrected chi connectivity index (χ4v) is 2.52. The van der Waals surface area contributed by atoms with E-state index in [1.165, 1.54) is 12.0 Å². The number of amides is 1. The quantitative estimate of drug-likeness (QED) is 0.801. The summed E-state index contributed by atoms with van der Waals surface area (Å²) < 4.78 is 5.11. The molecule has 1 aliphatic heterocycles. The Morgan fingerprint density at radius 2 is 2.11 bits per heavy atom. The second kappa shape index (κ2) is 6.43. The molecule has 1 aromatic carbocycles. The van der Waals surface area contributed by atoms with Crippen LogP contribution >= 0.6 is 0 Å². The van der Waals surface area contributed by atoms with Gasteiger partial charge in [0.2, 0.25) is 0 Å². The average molecular weight is 247 g/mol. The summed E-state index contributed by atoms with van der Waals surface area (Å²) in [7, 11) is 0. The van der Waals surface area contributed by atoms with Gasteiger partial charge in [0.25, 0.3) is 0 Å². The molecular weight excluding hydrogens is 226 g/mol. The van der Waals surface area contributed by atoms with Crippen LogP contribution in [0, 0.1) is 0 Å². The van der Waals surface area contributed by atoms with Gasteiger partial charge in [0.15, 0.2) is 0 Å². The van der Waals surface area contributed by atoms with Crippen LogP contribution in [0.4, 0.5) is 4.79 Å². The highest BCUT2D eigenvalue weighted by Gasteiger charge is 2.23. The number of rotatable bonds is 2. The van der Waals surface area contributed by atoms with Gasteiger partial charge in [0.1, 0.15) is 0 Å². The fraction of sp³-hybridized carbons (Fsp3) is 0.533. The lowest BCUT2D eigenvalue weighted by atomic mass is 9.94. The van der Waals surface area contributed by atoms with Crippen LogP contribution in [-0.2, 0) is 4.74 Å².